The minimum atomic E-state index is -0.496. The van der Waals surface area contributed by atoms with Gasteiger partial charge in [-0.05, 0) is 31.1 Å². The minimum Gasteiger partial charge on any atom is -0.396 e. The highest BCUT2D eigenvalue weighted by atomic mass is 16.5. The summed E-state index contributed by atoms with van der Waals surface area (Å²) in [6, 6.07) is -0.496. The molecule has 0 spiro atoms. The van der Waals surface area contributed by atoms with Crippen molar-refractivity contribution in [3.8, 4) is 0 Å². The monoisotopic (exact) mass is 244 g/mol. The number of carbonyl (C=O) groups excluding carboxylic acids is 1. The number of hydrogen-bond acceptors (Lipinski definition) is 4. The van der Waals surface area contributed by atoms with Crippen LogP contribution in [0.2, 0.25) is 0 Å². The van der Waals surface area contributed by atoms with Crippen LogP contribution in [0.5, 0.6) is 0 Å². The third kappa shape index (κ3) is 4.61. The molecule has 5 nitrogen and oxygen atoms in total. The summed E-state index contributed by atoms with van der Waals surface area (Å²) in [5.74, 6) is 0.620. The zero-order valence-corrected chi connectivity index (χ0v) is 10.5. The molecular weight excluding hydrogens is 220 g/mol. The maximum atomic E-state index is 11.6. The maximum Gasteiger partial charge on any atom is 0.237 e. The minimum absolute atomic E-state index is 0.120. The molecule has 3 unspecified atom stereocenters. The van der Waals surface area contributed by atoms with Gasteiger partial charge in [-0.2, -0.15) is 0 Å². The Morgan fingerprint density at radius 1 is 1.53 bits per heavy atom. The van der Waals surface area contributed by atoms with E-state index in [1.165, 1.54) is 0 Å². The molecule has 0 radical (unpaired) electrons. The quantitative estimate of drug-likeness (QED) is 0.582. The van der Waals surface area contributed by atoms with Gasteiger partial charge >= 0.3 is 0 Å². The first-order valence-electron chi connectivity index (χ1n) is 6.32. The molecular formula is C12H24N2O3. The topological polar surface area (TPSA) is 84.6 Å². The van der Waals surface area contributed by atoms with Gasteiger partial charge in [0.2, 0.25) is 5.91 Å². The number of nitrogens with one attached hydrogen (secondary N) is 1. The van der Waals surface area contributed by atoms with Gasteiger partial charge in [0.25, 0.3) is 0 Å². The van der Waals surface area contributed by atoms with Crippen LogP contribution in [0.1, 0.15) is 25.7 Å². The highest BCUT2D eigenvalue weighted by Crippen LogP contribution is 2.30. The summed E-state index contributed by atoms with van der Waals surface area (Å²) in [6.45, 7) is 1.35. The number of methoxy groups -OCH3 is 1. The maximum absolute atomic E-state index is 11.6. The zero-order valence-electron chi connectivity index (χ0n) is 10.5. The Kier molecular flexibility index (Phi) is 6.47. The lowest BCUT2D eigenvalue weighted by Gasteiger charge is -2.19. The van der Waals surface area contributed by atoms with Crippen molar-refractivity contribution in [2.45, 2.75) is 31.7 Å². The molecule has 0 bridgehead atoms. The van der Waals surface area contributed by atoms with E-state index in [-0.39, 0.29) is 12.5 Å². The fourth-order valence-electron chi connectivity index (χ4n) is 2.36. The summed E-state index contributed by atoms with van der Waals surface area (Å²) in [7, 11) is 1.59. The summed E-state index contributed by atoms with van der Waals surface area (Å²) in [5.41, 5.74) is 5.71. The molecule has 0 aromatic heterocycles. The Morgan fingerprint density at radius 3 is 2.88 bits per heavy atom. The number of ether oxygens (including phenoxy) is 1. The van der Waals surface area contributed by atoms with Gasteiger partial charge in [0, 0.05) is 26.9 Å². The van der Waals surface area contributed by atoms with E-state index in [0.717, 1.165) is 19.3 Å². The fraction of sp³-hybridized carbons (Fsp3) is 0.917. The second-order valence-corrected chi connectivity index (χ2v) is 4.77. The molecule has 1 saturated carbocycles. The van der Waals surface area contributed by atoms with Gasteiger partial charge in [-0.15, -0.1) is 0 Å². The Hall–Kier alpha value is -0.650. The van der Waals surface area contributed by atoms with Crippen molar-refractivity contribution in [1.29, 1.82) is 0 Å². The third-order valence-electron chi connectivity index (χ3n) is 3.56. The SMILES string of the molecule is COCCC(N)C(=O)NCC1CCCC1CO. The van der Waals surface area contributed by atoms with Crippen molar-refractivity contribution in [3.63, 3.8) is 0 Å². The van der Waals surface area contributed by atoms with Crippen LogP contribution in [0, 0.1) is 11.8 Å². The van der Waals surface area contributed by atoms with E-state index in [4.69, 9.17) is 10.5 Å². The highest BCUT2D eigenvalue weighted by Gasteiger charge is 2.27. The van der Waals surface area contributed by atoms with Gasteiger partial charge < -0.3 is 20.9 Å². The molecule has 0 heterocycles. The van der Waals surface area contributed by atoms with Crippen molar-refractivity contribution in [2.75, 3.05) is 26.9 Å². The van der Waals surface area contributed by atoms with Crippen LogP contribution >= 0.6 is 0 Å². The van der Waals surface area contributed by atoms with Crippen LogP contribution < -0.4 is 11.1 Å². The van der Waals surface area contributed by atoms with Crippen molar-refractivity contribution >= 4 is 5.91 Å². The van der Waals surface area contributed by atoms with Crippen molar-refractivity contribution in [1.82, 2.24) is 5.32 Å². The third-order valence-corrected chi connectivity index (χ3v) is 3.56. The number of aliphatic hydroxyl groups excluding tert-OH is 1. The number of hydrogen-bond donors (Lipinski definition) is 3. The Labute approximate surface area is 103 Å². The molecule has 1 aliphatic rings. The summed E-state index contributed by atoms with van der Waals surface area (Å²) in [6.07, 6.45) is 3.82. The second kappa shape index (κ2) is 7.63. The first-order valence-corrected chi connectivity index (χ1v) is 6.32. The number of amides is 1. The molecule has 4 N–H and O–H groups in total. The largest absolute Gasteiger partial charge is 0.396 e. The summed E-state index contributed by atoms with van der Waals surface area (Å²) in [5, 5.41) is 12.0. The van der Waals surface area contributed by atoms with Gasteiger partial charge in [0.15, 0.2) is 0 Å². The summed E-state index contributed by atoms with van der Waals surface area (Å²) < 4.78 is 4.88. The van der Waals surface area contributed by atoms with Crippen LogP contribution in [0.15, 0.2) is 0 Å². The first kappa shape index (κ1) is 14.4. The van der Waals surface area contributed by atoms with Crippen molar-refractivity contribution in [3.05, 3.63) is 0 Å². The highest BCUT2D eigenvalue weighted by molar-refractivity contribution is 5.81. The van der Waals surface area contributed by atoms with Crippen LogP contribution in [-0.2, 0) is 9.53 Å². The Bertz CT molecular complexity index is 236. The summed E-state index contributed by atoms with van der Waals surface area (Å²) >= 11 is 0. The lowest BCUT2D eigenvalue weighted by Crippen LogP contribution is -2.43. The van der Waals surface area contributed by atoms with Gasteiger partial charge in [-0.25, -0.2) is 0 Å². The zero-order chi connectivity index (χ0) is 12.7. The molecule has 1 rings (SSSR count). The van der Waals surface area contributed by atoms with E-state index in [1.54, 1.807) is 7.11 Å². The molecule has 100 valence electrons. The van der Waals surface area contributed by atoms with E-state index in [2.05, 4.69) is 5.32 Å². The molecule has 0 saturated heterocycles. The van der Waals surface area contributed by atoms with E-state index in [9.17, 15) is 9.90 Å². The van der Waals surface area contributed by atoms with E-state index in [1.807, 2.05) is 0 Å². The fourth-order valence-corrected chi connectivity index (χ4v) is 2.36. The van der Waals surface area contributed by atoms with Crippen LogP contribution in [0.25, 0.3) is 0 Å². The lowest BCUT2D eigenvalue weighted by molar-refractivity contribution is -0.123. The number of aliphatic hydroxyl groups is 1. The van der Waals surface area contributed by atoms with Crippen LogP contribution in [0.3, 0.4) is 0 Å². The van der Waals surface area contributed by atoms with Gasteiger partial charge in [0.1, 0.15) is 0 Å². The molecule has 1 aliphatic carbocycles. The summed E-state index contributed by atoms with van der Waals surface area (Å²) in [4.78, 5) is 11.6. The normalized spacial score (nSPS) is 25.8. The van der Waals surface area contributed by atoms with Crippen molar-refractivity contribution in [2.24, 2.45) is 17.6 Å². The smallest absolute Gasteiger partial charge is 0.237 e. The van der Waals surface area contributed by atoms with E-state index < -0.39 is 6.04 Å². The molecule has 1 amide bonds. The molecule has 17 heavy (non-hydrogen) atoms. The van der Waals surface area contributed by atoms with E-state index in [0.29, 0.717) is 31.4 Å². The molecule has 5 heteroatoms. The number of nitrogens with two attached hydrogens (primary N) is 1. The molecule has 3 atom stereocenters. The average Bonchev–Trinajstić information content (AvgIpc) is 2.80. The first-order chi connectivity index (χ1) is 8.19. The van der Waals surface area contributed by atoms with Gasteiger partial charge in [-0.3, -0.25) is 4.79 Å². The van der Waals surface area contributed by atoms with E-state index >= 15 is 0 Å². The molecule has 1 fully saturated rings. The van der Waals surface area contributed by atoms with Crippen LogP contribution in [-0.4, -0.2) is 43.9 Å². The van der Waals surface area contributed by atoms with Crippen LogP contribution in [0.4, 0.5) is 0 Å². The van der Waals surface area contributed by atoms with Gasteiger partial charge in [-0.1, -0.05) is 6.42 Å². The van der Waals surface area contributed by atoms with Crippen molar-refractivity contribution < 1.29 is 14.6 Å². The Balaban J connectivity index is 2.22. The number of carbonyl (C=O) groups is 1. The predicted molar refractivity (Wildman–Crippen MR) is 65.4 cm³/mol. The van der Waals surface area contributed by atoms with Gasteiger partial charge in [0.05, 0.1) is 6.04 Å². The number of rotatable bonds is 7. The lowest BCUT2D eigenvalue weighted by atomic mass is 9.97. The average molecular weight is 244 g/mol. The predicted octanol–water partition coefficient (Wildman–Crippen LogP) is -0.125. The second-order valence-electron chi connectivity index (χ2n) is 4.77. The Morgan fingerprint density at radius 2 is 2.24 bits per heavy atom. The molecule has 0 aromatic rings. The standard InChI is InChI=1S/C12H24N2O3/c1-17-6-5-11(13)12(16)14-7-9-3-2-4-10(9)8-15/h9-11,15H,2-8,13H2,1H3,(H,14,16). The molecule has 0 aliphatic heterocycles. The molecule has 0 aromatic carbocycles.